The monoisotopic (exact) mass is 280 g/mol. The summed E-state index contributed by atoms with van der Waals surface area (Å²) < 4.78 is 0. The second-order valence-electron chi connectivity index (χ2n) is 4.69. The summed E-state index contributed by atoms with van der Waals surface area (Å²) in [7, 11) is 0. The van der Waals surface area contributed by atoms with Crippen molar-refractivity contribution in [2.45, 2.75) is 25.3 Å². The van der Waals surface area contributed by atoms with Crippen LogP contribution in [0.25, 0.3) is 0 Å². The van der Waals surface area contributed by atoms with Crippen molar-refractivity contribution in [2.75, 3.05) is 18.9 Å². The van der Waals surface area contributed by atoms with E-state index in [1.165, 1.54) is 11.0 Å². The van der Waals surface area contributed by atoms with Gasteiger partial charge in [-0.3, -0.25) is 14.9 Å². The predicted molar refractivity (Wildman–Crippen MR) is 71.1 cm³/mol. The molecule has 0 spiro atoms. The molecule has 3 N–H and O–H groups in total. The molecule has 1 aromatic rings. The summed E-state index contributed by atoms with van der Waals surface area (Å²) in [6.07, 6.45) is 3.70. The topological polar surface area (TPSA) is 123 Å². The average Bonchev–Trinajstić information content (AvgIpc) is 2.34. The first-order valence-electron chi connectivity index (χ1n) is 6.36. The second-order valence-corrected chi connectivity index (χ2v) is 4.69. The Morgan fingerprint density at radius 2 is 2.30 bits per heavy atom. The minimum absolute atomic E-state index is 0.0312. The number of aliphatic hydroxyl groups is 1. The van der Waals surface area contributed by atoms with E-state index in [0.29, 0.717) is 0 Å². The van der Waals surface area contributed by atoms with Gasteiger partial charge in [0.05, 0.1) is 11.5 Å². The van der Waals surface area contributed by atoms with Crippen LogP contribution in [0.1, 0.15) is 29.6 Å². The molecular weight excluding hydrogens is 264 g/mol. The van der Waals surface area contributed by atoms with Gasteiger partial charge in [0, 0.05) is 12.6 Å². The third-order valence-corrected chi connectivity index (χ3v) is 3.45. The van der Waals surface area contributed by atoms with E-state index in [1.54, 1.807) is 0 Å². The van der Waals surface area contributed by atoms with E-state index in [2.05, 4.69) is 4.98 Å². The van der Waals surface area contributed by atoms with Gasteiger partial charge in [0.1, 0.15) is 17.6 Å². The summed E-state index contributed by atoms with van der Waals surface area (Å²) in [5.74, 6) is -0.430. The number of nitro groups is 1. The fourth-order valence-corrected chi connectivity index (χ4v) is 2.19. The highest BCUT2D eigenvalue weighted by atomic mass is 16.6. The Hall–Kier alpha value is -2.22. The third kappa shape index (κ3) is 2.69. The zero-order valence-corrected chi connectivity index (χ0v) is 10.9. The molecule has 1 aromatic heterocycles. The molecule has 1 aliphatic rings. The van der Waals surface area contributed by atoms with E-state index in [0.717, 1.165) is 25.5 Å². The number of nitrogens with two attached hydrogens (primary N) is 1. The van der Waals surface area contributed by atoms with Crippen LogP contribution in [0.4, 0.5) is 11.5 Å². The Morgan fingerprint density at radius 3 is 2.80 bits per heavy atom. The first-order valence-corrected chi connectivity index (χ1v) is 6.36. The fraction of sp³-hybridized carbons (Fsp3) is 0.500. The van der Waals surface area contributed by atoms with Crippen molar-refractivity contribution >= 4 is 17.4 Å². The SMILES string of the molecule is Nc1cc(C(=O)N(CCO)C2CCC2)c([N+](=O)[O-])cn1. The van der Waals surface area contributed by atoms with Gasteiger partial charge in [-0.25, -0.2) is 4.98 Å². The highest BCUT2D eigenvalue weighted by Crippen LogP contribution is 2.28. The molecule has 0 saturated heterocycles. The Balaban J connectivity index is 2.34. The molecule has 2 rings (SSSR count). The lowest BCUT2D eigenvalue weighted by Gasteiger charge is -2.37. The first-order chi connectivity index (χ1) is 9.54. The van der Waals surface area contributed by atoms with Crippen molar-refractivity contribution < 1.29 is 14.8 Å². The lowest BCUT2D eigenvalue weighted by Crippen LogP contribution is -2.45. The molecule has 1 saturated carbocycles. The van der Waals surface area contributed by atoms with Crippen molar-refractivity contribution in [3.8, 4) is 0 Å². The summed E-state index contributed by atoms with van der Waals surface area (Å²) >= 11 is 0. The summed E-state index contributed by atoms with van der Waals surface area (Å²) in [5.41, 5.74) is 5.06. The van der Waals surface area contributed by atoms with Crippen molar-refractivity contribution in [3.63, 3.8) is 0 Å². The van der Waals surface area contributed by atoms with Crippen LogP contribution in [0.15, 0.2) is 12.3 Å². The largest absolute Gasteiger partial charge is 0.395 e. The molecular formula is C12H16N4O4. The number of hydrogen-bond donors (Lipinski definition) is 2. The standard InChI is InChI=1S/C12H16N4O4/c13-11-6-9(10(7-14-11)16(19)20)12(18)15(4-5-17)8-2-1-3-8/h6-8,17H,1-5H2,(H2,13,14). The first kappa shape index (κ1) is 14.2. The summed E-state index contributed by atoms with van der Waals surface area (Å²) in [6, 6.07) is 1.24. The summed E-state index contributed by atoms with van der Waals surface area (Å²) in [4.78, 5) is 27.9. The molecule has 8 heteroatoms. The predicted octanol–water partition coefficient (Wildman–Crippen LogP) is 0.559. The van der Waals surface area contributed by atoms with E-state index < -0.39 is 10.8 Å². The molecule has 0 radical (unpaired) electrons. The highest BCUT2D eigenvalue weighted by molar-refractivity contribution is 5.98. The Morgan fingerprint density at radius 1 is 1.60 bits per heavy atom. The van der Waals surface area contributed by atoms with Crippen molar-refractivity contribution in [3.05, 3.63) is 27.9 Å². The number of aromatic nitrogens is 1. The number of amides is 1. The minimum atomic E-state index is -0.655. The van der Waals surface area contributed by atoms with Gasteiger partial charge >= 0.3 is 0 Å². The van der Waals surface area contributed by atoms with Crippen LogP contribution in [0.5, 0.6) is 0 Å². The van der Waals surface area contributed by atoms with Crippen molar-refractivity contribution in [2.24, 2.45) is 0 Å². The maximum Gasteiger partial charge on any atom is 0.300 e. The molecule has 0 bridgehead atoms. The smallest absolute Gasteiger partial charge is 0.300 e. The molecule has 108 valence electrons. The molecule has 1 fully saturated rings. The van der Waals surface area contributed by atoms with Crippen LogP contribution in [-0.4, -0.2) is 45.0 Å². The van der Waals surface area contributed by atoms with Gasteiger partial charge in [-0.05, 0) is 25.3 Å². The molecule has 1 aliphatic carbocycles. The molecule has 8 nitrogen and oxygen atoms in total. The summed E-state index contributed by atoms with van der Waals surface area (Å²) in [5, 5.41) is 20.0. The second kappa shape index (κ2) is 5.83. The Labute approximate surface area is 115 Å². The van der Waals surface area contributed by atoms with Gasteiger partial charge in [0.2, 0.25) is 0 Å². The number of nitrogen functional groups attached to an aromatic ring is 1. The van der Waals surface area contributed by atoms with Crippen LogP contribution in [0.2, 0.25) is 0 Å². The van der Waals surface area contributed by atoms with Crippen LogP contribution >= 0.6 is 0 Å². The van der Waals surface area contributed by atoms with E-state index in [4.69, 9.17) is 10.8 Å². The lowest BCUT2D eigenvalue weighted by atomic mass is 9.91. The van der Waals surface area contributed by atoms with Gasteiger partial charge in [0.25, 0.3) is 11.6 Å². The molecule has 20 heavy (non-hydrogen) atoms. The van der Waals surface area contributed by atoms with E-state index in [-0.39, 0.29) is 36.3 Å². The quantitative estimate of drug-likeness (QED) is 0.600. The number of rotatable bonds is 5. The third-order valence-electron chi connectivity index (χ3n) is 3.45. The minimum Gasteiger partial charge on any atom is -0.395 e. The Kier molecular flexibility index (Phi) is 4.14. The number of carbonyl (C=O) groups excluding carboxylic acids is 1. The zero-order valence-electron chi connectivity index (χ0n) is 10.9. The van der Waals surface area contributed by atoms with Crippen molar-refractivity contribution in [1.29, 1.82) is 0 Å². The van der Waals surface area contributed by atoms with Crippen LogP contribution in [0, 0.1) is 10.1 Å². The van der Waals surface area contributed by atoms with Gasteiger partial charge < -0.3 is 15.7 Å². The van der Waals surface area contributed by atoms with E-state index >= 15 is 0 Å². The normalized spacial score (nSPS) is 14.7. The average molecular weight is 280 g/mol. The van der Waals surface area contributed by atoms with E-state index in [9.17, 15) is 14.9 Å². The number of aliphatic hydroxyl groups excluding tert-OH is 1. The number of pyridine rings is 1. The number of nitrogens with zero attached hydrogens (tertiary/aromatic N) is 3. The van der Waals surface area contributed by atoms with Gasteiger partial charge in [-0.15, -0.1) is 0 Å². The summed E-state index contributed by atoms with van der Waals surface area (Å²) in [6.45, 7) is -0.0283. The number of carbonyl (C=O) groups is 1. The molecule has 1 heterocycles. The maximum absolute atomic E-state index is 12.5. The van der Waals surface area contributed by atoms with Gasteiger partial charge in [-0.2, -0.15) is 0 Å². The van der Waals surface area contributed by atoms with Crippen LogP contribution < -0.4 is 5.73 Å². The van der Waals surface area contributed by atoms with Crippen LogP contribution in [-0.2, 0) is 0 Å². The number of anilines is 1. The number of hydrogen-bond acceptors (Lipinski definition) is 6. The van der Waals surface area contributed by atoms with Gasteiger partial charge in [0.15, 0.2) is 0 Å². The molecule has 0 aliphatic heterocycles. The maximum atomic E-state index is 12.5. The highest BCUT2D eigenvalue weighted by Gasteiger charge is 2.32. The van der Waals surface area contributed by atoms with E-state index in [1.807, 2.05) is 0 Å². The van der Waals surface area contributed by atoms with Crippen molar-refractivity contribution in [1.82, 2.24) is 9.88 Å². The lowest BCUT2D eigenvalue weighted by molar-refractivity contribution is -0.385. The van der Waals surface area contributed by atoms with Gasteiger partial charge in [-0.1, -0.05) is 0 Å². The fourth-order valence-electron chi connectivity index (χ4n) is 2.19. The molecule has 0 atom stereocenters. The molecule has 0 unspecified atom stereocenters. The zero-order chi connectivity index (χ0) is 14.7. The molecule has 1 amide bonds. The Bertz CT molecular complexity index is 530. The molecule has 0 aromatic carbocycles. The van der Waals surface area contributed by atoms with Crippen LogP contribution in [0.3, 0.4) is 0 Å².